The number of carboxylic acid groups (broad SMARTS) is 2. The Bertz CT molecular complexity index is 694. The van der Waals surface area contributed by atoms with Crippen molar-refractivity contribution < 1.29 is 19.8 Å². The first-order valence-corrected chi connectivity index (χ1v) is 5.02. The minimum absolute atomic E-state index is 0.0276. The summed E-state index contributed by atoms with van der Waals surface area (Å²) < 4.78 is 0.980. The highest BCUT2D eigenvalue weighted by atomic mass is 16.4. The van der Waals surface area contributed by atoms with Crippen molar-refractivity contribution in [3.8, 4) is 6.07 Å². The van der Waals surface area contributed by atoms with Crippen molar-refractivity contribution in [2.45, 2.75) is 6.42 Å². The van der Waals surface area contributed by atoms with Gasteiger partial charge in [-0.3, -0.25) is 4.57 Å². The van der Waals surface area contributed by atoms with E-state index in [1.165, 1.54) is 24.4 Å². The van der Waals surface area contributed by atoms with E-state index in [1.54, 1.807) is 0 Å². The summed E-state index contributed by atoms with van der Waals surface area (Å²) in [5.74, 6) is -1.09. The van der Waals surface area contributed by atoms with Gasteiger partial charge in [0.2, 0.25) is 0 Å². The van der Waals surface area contributed by atoms with Crippen molar-refractivity contribution in [2.75, 3.05) is 0 Å². The minimum Gasteiger partial charge on any atom is -0.478 e. The number of rotatable bonds is 2. The fourth-order valence-corrected chi connectivity index (χ4v) is 1.82. The van der Waals surface area contributed by atoms with Crippen molar-refractivity contribution in [3.05, 3.63) is 35.5 Å². The molecule has 0 unspecified atom stereocenters. The molecule has 1 heterocycles. The second-order valence-electron chi connectivity index (χ2n) is 3.68. The molecular weight excluding hydrogens is 236 g/mol. The van der Waals surface area contributed by atoms with Crippen LogP contribution in [0.3, 0.4) is 0 Å². The number of carboxylic acids is 1. The van der Waals surface area contributed by atoms with Crippen LogP contribution in [-0.2, 0) is 6.42 Å². The Morgan fingerprint density at radius 2 is 2.06 bits per heavy atom. The Morgan fingerprint density at radius 1 is 1.33 bits per heavy atom. The molecule has 90 valence electrons. The lowest BCUT2D eigenvalue weighted by atomic mass is 10.1. The predicted molar refractivity (Wildman–Crippen MR) is 61.6 cm³/mol. The lowest BCUT2D eigenvalue weighted by Gasteiger charge is -1.99. The van der Waals surface area contributed by atoms with Crippen molar-refractivity contribution in [3.63, 3.8) is 0 Å². The van der Waals surface area contributed by atoms with Crippen molar-refractivity contribution in [1.82, 2.24) is 4.57 Å². The van der Waals surface area contributed by atoms with Gasteiger partial charge in [0.05, 0.1) is 23.6 Å². The number of hydrogen-bond donors (Lipinski definition) is 2. The van der Waals surface area contributed by atoms with Gasteiger partial charge >= 0.3 is 12.1 Å². The zero-order valence-corrected chi connectivity index (χ0v) is 9.12. The summed E-state index contributed by atoms with van der Waals surface area (Å²) in [7, 11) is 0. The van der Waals surface area contributed by atoms with Gasteiger partial charge in [0.15, 0.2) is 0 Å². The molecule has 18 heavy (non-hydrogen) atoms. The molecule has 0 saturated heterocycles. The predicted octanol–water partition coefficient (Wildman–Crippen LogP) is 1.93. The fraction of sp³-hybridized carbons (Fsp3) is 0.0833. The van der Waals surface area contributed by atoms with Crippen molar-refractivity contribution >= 4 is 23.0 Å². The van der Waals surface area contributed by atoms with Crippen molar-refractivity contribution in [2.24, 2.45) is 0 Å². The van der Waals surface area contributed by atoms with Crippen LogP contribution in [0.25, 0.3) is 10.9 Å². The first-order valence-electron chi connectivity index (χ1n) is 5.02. The van der Waals surface area contributed by atoms with Crippen LogP contribution < -0.4 is 0 Å². The Morgan fingerprint density at radius 3 is 2.61 bits per heavy atom. The first kappa shape index (κ1) is 11.7. The summed E-state index contributed by atoms with van der Waals surface area (Å²) in [6.45, 7) is 0. The maximum atomic E-state index is 11.0. The van der Waals surface area contributed by atoms with E-state index >= 15 is 0 Å². The average Bonchev–Trinajstić information content (AvgIpc) is 2.68. The van der Waals surface area contributed by atoms with Crippen LogP contribution >= 0.6 is 0 Å². The van der Waals surface area contributed by atoms with Crippen LogP contribution in [-0.4, -0.2) is 26.8 Å². The molecule has 2 aromatic rings. The molecule has 0 amide bonds. The Kier molecular flexibility index (Phi) is 2.73. The van der Waals surface area contributed by atoms with E-state index in [0.717, 1.165) is 4.57 Å². The van der Waals surface area contributed by atoms with Gasteiger partial charge in [0.25, 0.3) is 0 Å². The van der Waals surface area contributed by atoms with E-state index in [9.17, 15) is 9.59 Å². The SMILES string of the molecule is N#CCc1cn(C(=O)O)c2ccc(C(=O)O)cc12. The Hall–Kier alpha value is -2.81. The maximum Gasteiger partial charge on any atom is 0.416 e. The van der Waals surface area contributed by atoms with E-state index in [-0.39, 0.29) is 12.0 Å². The van der Waals surface area contributed by atoms with Crippen LogP contribution in [0.15, 0.2) is 24.4 Å². The number of nitriles is 1. The normalized spacial score (nSPS) is 10.2. The van der Waals surface area contributed by atoms with Gasteiger partial charge in [-0.1, -0.05) is 0 Å². The lowest BCUT2D eigenvalue weighted by molar-refractivity contribution is 0.0697. The highest BCUT2D eigenvalue weighted by Crippen LogP contribution is 2.23. The smallest absolute Gasteiger partial charge is 0.416 e. The molecule has 0 atom stereocenters. The van der Waals surface area contributed by atoms with E-state index in [4.69, 9.17) is 15.5 Å². The van der Waals surface area contributed by atoms with Crippen LogP contribution in [0, 0.1) is 11.3 Å². The highest BCUT2D eigenvalue weighted by molar-refractivity contribution is 5.97. The van der Waals surface area contributed by atoms with Crippen LogP contribution in [0.1, 0.15) is 15.9 Å². The maximum absolute atomic E-state index is 11.0. The van der Waals surface area contributed by atoms with Crippen LogP contribution in [0.4, 0.5) is 4.79 Å². The molecule has 1 aromatic carbocycles. The molecular formula is C12H8N2O4. The first-order chi connectivity index (χ1) is 8.54. The summed E-state index contributed by atoms with van der Waals surface area (Å²) in [5.41, 5.74) is 0.931. The molecule has 0 spiro atoms. The fourth-order valence-electron chi connectivity index (χ4n) is 1.82. The second-order valence-corrected chi connectivity index (χ2v) is 3.68. The second kappa shape index (κ2) is 4.22. The van der Waals surface area contributed by atoms with Gasteiger partial charge in [-0.2, -0.15) is 5.26 Å². The molecule has 0 aliphatic carbocycles. The summed E-state index contributed by atoms with van der Waals surface area (Å²) in [6, 6.07) is 6.06. The van der Waals surface area contributed by atoms with Gasteiger partial charge in [-0.25, -0.2) is 9.59 Å². The molecule has 0 aliphatic heterocycles. The number of fused-ring (bicyclic) bond motifs is 1. The zero-order valence-electron chi connectivity index (χ0n) is 9.12. The molecule has 0 radical (unpaired) electrons. The monoisotopic (exact) mass is 244 g/mol. The highest BCUT2D eigenvalue weighted by Gasteiger charge is 2.14. The molecule has 6 nitrogen and oxygen atoms in total. The number of carbonyl (C=O) groups is 2. The zero-order chi connectivity index (χ0) is 13.3. The number of hydrogen-bond acceptors (Lipinski definition) is 3. The topological polar surface area (TPSA) is 103 Å². The molecule has 0 bridgehead atoms. The molecule has 0 saturated carbocycles. The molecule has 0 aliphatic rings. The van der Waals surface area contributed by atoms with Gasteiger partial charge in [0, 0.05) is 11.6 Å². The van der Waals surface area contributed by atoms with Gasteiger partial charge in [-0.15, -0.1) is 0 Å². The summed E-state index contributed by atoms with van der Waals surface area (Å²) in [6.07, 6.45) is 0.189. The minimum atomic E-state index is -1.17. The standard InChI is InChI=1S/C12H8N2O4/c13-4-3-8-6-14(12(17)18)10-2-1-7(11(15)16)5-9(8)10/h1-2,5-6H,3H2,(H,15,16)(H,17,18). The van der Waals surface area contributed by atoms with E-state index in [0.29, 0.717) is 16.5 Å². The van der Waals surface area contributed by atoms with Gasteiger partial charge in [0.1, 0.15) is 0 Å². The molecule has 6 heteroatoms. The van der Waals surface area contributed by atoms with Gasteiger partial charge in [-0.05, 0) is 23.8 Å². The third-order valence-corrected chi connectivity index (χ3v) is 2.61. The summed E-state index contributed by atoms with van der Waals surface area (Å²) in [4.78, 5) is 21.9. The van der Waals surface area contributed by atoms with Crippen LogP contribution in [0.5, 0.6) is 0 Å². The van der Waals surface area contributed by atoms with Crippen molar-refractivity contribution in [1.29, 1.82) is 5.26 Å². The Labute approximate surface area is 101 Å². The largest absolute Gasteiger partial charge is 0.478 e. The van der Waals surface area contributed by atoms with E-state index < -0.39 is 12.1 Å². The Balaban J connectivity index is 2.75. The molecule has 1 aromatic heterocycles. The van der Waals surface area contributed by atoms with Crippen LogP contribution in [0.2, 0.25) is 0 Å². The number of benzene rings is 1. The number of aromatic nitrogens is 1. The quantitative estimate of drug-likeness (QED) is 0.839. The van der Waals surface area contributed by atoms with E-state index in [2.05, 4.69) is 0 Å². The third-order valence-electron chi connectivity index (χ3n) is 2.61. The third kappa shape index (κ3) is 1.78. The molecule has 2 N–H and O–H groups in total. The summed E-state index contributed by atoms with van der Waals surface area (Å²) >= 11 is 0. The van der Waals surface area contributed by atoms with Gasteiger partial charge < -0.3 is 10.2 Å². The number of aromatic carboxylic acids is 1. The number of nitrogens with zero attached hydrogens (tertiary/aromatic N) is 2. The lowest BCUT2D eigenvalue weighted by Crippen LogP contribution is -2.05. The average molecular weight is 244 g/mol. The summed E-state index contributed by atoms with van der Waals surface area (Å²) in [5, 5.41) is 27.1. The molecule has 2 rings (SSSR count). The van der Waals surface area contributed by atoms with E-state index in [1.807, 2.05) is 6.07 Å². The molecule has 0 fully saturated rings.